The molecule has 0 amide bonds. The minimum atomic E-state index is -1.97. The molecule has 0 spiro atoms. The van der Waals surface area contributed by atoms with Gasteiger partial charge in [-0.3, -0.25) is 4.21 Å². The van der Waals surface area contributed by atoms with Crippen molar-refractivity contribution in [2.45, 2.75) is 13.8 Å². The highest BCUT2D eigenvalue weighted by Crippen LogP contribution is 2.01. The minimum absolute atomic E-state index is 0.839. The molecule has 1 atom stereocenters. The first kappa shape index (κ1) is 9.50. The van der Waals surface area contributed by atoms with E-state index in [2.05, 4.69) is 5.87 Å². The second kappa shape index (κ2) is 3.62. The van der Waals surface area contributed by atoms with Crippen molar-refractivity contribution in [2.75, 3.05) is 6.26 Å². The predicted molar refractivity (Wildman–Crippen MR) is 49.8 cm³/mol. The van der Waals surface area contributed by atoms with Gasteiger partial charge < -0.3 is 0 Å². The average molecular weight is 158 g/mol. The van der Waals surface area contributed by atoms with Gasteiger partial charge in [-0.2, -0.15) is 0 Å². The van der Waals surface area contributed by atoms with Gasteiger partial charge in [0.25, 0.3) is 0 Å². The van der Waals surface area contributed by atoms with Gasteiger partial charge in [0.15, 0.2) is 0 Å². The Morgan fingerprint density at radius 3 is 2.40 bits per heavy atom. The Bertz CT molecular complexity index is 242. The molecule has 0 aromatic carbocycles. The van der Waals surface area contributed by atoms with E-state index in [1.807, 2.05) is 32.1 Å². The summed E-state index contributed by atoms with van der Waals surface area (Å²) < 4.78 is 11.2. The van der Waals surface area contributed by atoms with Crippen molar-refractivity contribution in [1.82, 2.24) is 0 Å². The topological polar surface area (TPSA) is 17.1 Å². The van der Waals surface area contributed by atoms with Crippen LogP contribution in [0.2, 0.25) is 0 Å². The molecule has 1 unspecified atom stereocenters. The molecule has 0 rings (SSSR count). The highest BCUT2D eigenvalue weighted by atomic mass is 32.2. The van der Waals surface area contributed by atoms with E-state index in [9.17, 15) is 4.21 Å². The van der Waals surface area contributed by atoms with Crippen molar-refractivity contribution in [2.24, 2.45) is 0 Å². The lowest BCUT2D eigenvalue weighted by atomic mass is 10.5. The molecule has 0 aromatic rings. The van der Waals surface area contributed by atoms with E-state index < -0.39 is 9.52 Å². The van der Waals surface area contributed by atoms with Crippen molar-refractivity contribution in [3.8, 4) is 0 Å². The number of hydrogen-bond acceptors (Lipinski definition) is 1. The van der Waals surface area contributed by atoms with Gasteiger partial charge in [-0.15, -0.1) is 0 Å². The van der Waals surface area contributed by atoms with Gasteiger partial charge in [0.2, 0.25) is 0 Å². The zero-order valence-corrected chi connectivity index (χ0v) is 7.57. The van der Waals surface area contributed by atoms with E-state index in [1.54, 1.807) is 6.26 Å². The standard InChI is InChI=1S/C8H14OS/c1-5-6-7-8(2)10(3,4)9/h5-7H,3H2,1-2,4H3/b6-5?,8-7+. The Hall–Kier alpha value is -0.500. The van der Waals surface area contributed by atoms with Gasteiger partial charge in [-0.1, -0.05) is 18.2 Å². The molecule has 0 fully saturated rings. The second-order valence-corrected chi connectivity index (χ2v) is 4.96. The van der Waals surface area contributed by atoms with Crippen LogP contribution in [0.5, 0.6) is 0 Å². The van der Waals surface area contributed by atoms with Crippen LogP contribution in [0.1, 0.15) is 13.8 Å². The Morgan fingerprint density at radius 1 is 1.60 bits per heavy atom. The molecule has 1 nitrogen and oxygen atoms in total. The zero-order chi connectivity index (χ0) is 8.20. The van der Waals surface area contributed by atoms with Crippen LogP contribution >= 0.6 is 0 Å². The molecule has 0 saturated carbocycles. The molecule has 0 aromatic heterocycles. The third kappa shape index (κ3) is 3.51. The summed E-state index contributed by atoms with van der Waals surface area (Å²) in [6.07, 6.45) is 7.23. The van der Waals surface area contributed by atoms with Crippen LogP contribution in [-0.2, 0) is 9.52 Å². The first-order valence-corrected chi connectivity index (χ1v) is 5.24. The SMILES string of the molecule is C=S(C)(=O)/C(C)=C/C=CC. The first-order chi connectivity index (χ1) is 4.48. The molecule has 0 saturated heterocycles. The van der Waals surface area contributed by atoms with Crippen molar-refractivity contribution in [3.63, 3.8) is 0 Å². The molecule has 0 aliphatic carbocycles. The number of rotatable bonds is 2. The van der Waals surface area contributed by atoms with Gasteiger partial charge in [-0.25, -0.2) is 0 Å². The molecular weight excluding hydrogens is 144 g/mol. The molecule has 0 N–H and O–H groups in total. The molecule has 0 bridgehead atoms. The fourth-order valence-corrected chi connectivity index (χ4v) is 0.742. The van der Waals surface area contributed by atoms with Crippen LogP contribution in [0.3, 0.4) is 0 Å². The highest BCUT2D eigenvalue weighted by molar-refractivity contribution is 8.03. The lowest BCUT2D eigenvalue weighted by molar-refractivity contribution is 0.688. The van der Waals surface area contributed by atoms with Gasteiger partial charge in [0.1, 0.15) is 0 Å². The maximum atomic E-state index is 11.2. The summed E-state index contributed by atoms with van der Waals surface area (Å²) in [6.45, 7) is 3.75. The third-order valence-electron chi connectivity index (χ3n) is 1.20. The highest BCUT2D eigenvalue weighted by Gasteiger charge is 1.94. The third-order valence-corrected chi connectivity index (χ3v) is 2.70. The molecule has 10 heavy (non-hydrogen) atoms. The Balaban J connectivity index is 4.52. The van der Waals surface area contributed by atoms with E-state index in [4.69, 9.17) is 0 Å². The average Bonchev–Trinajstić information content (AvgIpc) is 1.80. The monoisotopic (exact) mass is 158 g/mol. The summed E-state index contributed by atoms with van der Waals surface area (Å²) in [5.41, 5.74) is 0. The molecule has 0 radical (unpaired) electrons. The zero-order valence-electron chi connectivity index (χ0n) is 6.76. The number of allylic oxidation sites excluding steroid dienone is 4. The molecule has 58 valence electrons. The van der Waals surface area contributed by atoms with Crippen molar-refractivity contribution < 1.29 is 4.21 Å². The smallest absolute Gasteiger partial charge is 0.00832 e. The van der Waals surface area contributed by atoms with Crippen LogP contribution in [0.25, 0.3) is 0 Å². The normalized spacial score (nSPS) is 19.3. The molecule has 2 heteroatoms. The molecule has 0 heterocycles. The summed E-state index contributed by atoms with van der Waals surface area (Å²) in [5.74, 6) is 3.55. The second-order valence-electron chi connectivity index (χ2n) is 2.31. The summed E-state index contributed by atoms with van der Waals surface area (Å²) in [6, 6.07) is 0. The van der Waals surface area contributed by atoms with E-state index in [-0.39, 0.29) is 0 Å². The number of hydrogen-bond donors (Lipinski definition) is 0. The maximum Gasteiger partial charge on any atom is 0.00832 e. The summed E-state index contributed by atoms with van der Waals surface area (Å²) in [4.78, 5) is 0.839. The fourth-order valence-electron chi connectivity index (χ4n) is 0.376. The predicted octanol–water partition coefficient (Wildman–Crippen LogP) is 1.81. The van der Waals surface area contributed by atoms with E-state index in [0.29, 0.717) is 0 Å². The van der Waals surface area contributed by atoms with E-state index >= 15 is 0 Å². The van der Waals surface area contributed by atoms with Crippen LogP contribution in [0.4, 0.5) is 0 Å². The van der Waals surface area contributed by atoms with Gasteiger partial charge in [-0.05, 0) is 29.2 Å². The van der Waals surface area contributed by atoms with Gasteiger partial charge in [0, 0.05) is 11.2 Å². The van der Waals surface area contributed by atoms with Gasteiger partial charge in [0.05, 0.1) is 0 Å². The Labute approximate surface area is 63.5 Å². The summed E-state index contributed by atoms with van der Waals surface area (Å²) >= 11 is 0. The maximum absolute atomic E-state index is 11.2. The Kier molecular flexibility index (Phi) is 3.43. The van der Waals surface area contributed by atoms with Crippen LogP contribution in [-0.4, -0.2) is 16.3 Å². The lowest BCUT2D eigenvalue weighted by Gasteiger charge is -1.98. The minimum Gasteiger partial charge on any atom is -0.264 e. The molecular formula is C8H14OS. The van der Waals surface area contributed by atoms with Crippen molar-refractivity contribution >= 4 is 15.4 Å². The van der Waals surface area contributed by atoms with Crippen molar-refractivity contribution in [1.29, 1.82) is 0 Å². The summed E-state index contributed by atoms with van der Waals surface area (Å²) in [5, 5.41) is 0. The largest absolute Gasteiger partial charge is 0.264 e. The Morgan fingerprint density at radius 2 is 2.10 bits per heavy atom. The van der Waals surface area contributed by atoms with Crippen LogP contribution in [0.15, 0.2) is 23.1 Å². The molecule has 0 aliphatic rings. The lowest BCUT2D eigenvalue weighted by Crippen LogP contribution is -1.95. The molecule has 0 aliphatic heterocycles. The summed E-state index contributed by atoms with van der Waals surface area (Å²) in [7, 11) is -1.97. The quantitative estimate of drug-likeness (QED) is 0.442. The van der Waals surface area contributed by atoms with Crippen LogP contribution in [0, 0.1) is 0 Å². The van der Waals surface area contributed by atoms with Crippen LogP contribution < -0.4 is 0 Å². The fraction of sp³-hybridized carbons (Fsp3) is 0.375. The van der Waals surface area contributed by atoms with Crippen molar-refractivity contribution in [3.05, 3.63) is 23.1 Å². The van der Waals surface area contributed by atoms with E-state index in [0.717, 1.165) is 4.91 Å². The van der Waals surface area contributed by atoms with Gasteiger partial charge >= 0.3 is 0 Å². The first-order valence-electron chi connectivity index (χ1n) is 3.10. The van der Waals surface area contributed by atoms with E-state index in [1.165, 1.54) is 0 Å².